The molecule has 0 saturated heterocycles. The molecule has 22 heavy (non-hydrogen) atoms. The van der Waals surface area contributed by atoms with Gasteiger partial charge in [-0.2, -0.15) is 5.10 Å². The maximum Gasteiger partial charge on any atom is 0.319 e. The van der Waals surface area contributed by atoms with E-state index < -0.39 is 0 Å². The normalized spacial score (nSPS) is 11.8. The van der Waals surface area contributed by atoms with E-state index in [0.717, 1.165) is 5.56 Å². The first kappa shape index (κ1) is 16.2. The Kier molecular flexibility index (Phi) is 5.27. The minimum absolute atomic E-state index is 0.156. The van der Waals surface area contributed by atoms with E-state index >= 15 is 0 Å². The quantitative estimate of drug-likeness (QED) is 0.887. The van der Waals surface area contributed by atoms with Crippen molar-refractivity contribution in [3.63, 3.8) is 0 Å². The van der Waals surface area contributed by atoms with Gasteiger partial charge in [0.1, 0.15) is 5.75 Å². The molecule has 2 rings (SSSR count). The molecule has 0 bridgehead atoms. The van der Waals surface area contributed by atoms with Crippen molar-refractivity contribution in [3.05, 3.63) is 41.2 Å². The van der Waals surface area contributed by atoms with Crippen LogP contribution in [0.25, 0.3) is 0 Å². The Hall–Kier alpha value is -2.21. The molecule has 0 unspecified atom stereocenters. The molecule has 2 aromatic rings. The lowest BCUT2D eigenvalue weighted by Gasteiger charge is -2.15. The van der Waals surface area contributed by atoms with Crippen LogP contribution in [-0.2, 0) is 7.05 Å². The van der Waals surface area contributed by atoms with Crippen molar-refractivity contribution in [3.8, 4) is 5.75 Å². The molecule has 1 aromatic carbocycles. The van der Waals surface area contributed by atoms with Gasteiger partial charge in [-0.05, 0) is 26.0 Å². The second-order valence-electron chi connectivity index (χ2n) is 4.84. The number of urea groups is 1. The fourth-order valence-corrected chi connectivity index (χ4v) is 2.14. The Labute approximate surface area is 134 Å². The van der Waals surface area contributed by atoms with Crippen molar-refractivity contribution in [1.82, 2.24) is 15.1 Å². The van der Waals surface area contributed by atoms with Crippen LogP contribution in [0.1, 0.15) is 25.5 Å². The number of anilines is 1. The van der Waals surface area contributed by atoms with Gasteiger partial charge in [0.05, 0.1) is 24.5 Å². The second kappa shape index (κ2) is 7.17. The molecule has 0 aliphatic rings. The van der Waals surface area contributed by atoms with Crippen LogP contribution in [0.4, 0.5) is 10.5 Å². The SMILES string of the molecule is CCOc1cc(Cl)ccc1NC(=O)N[C@@H](C)c1cnn(C)c1. The molecular formula is C15H19ClN4O2. The fraction of sp³-hybridized carbons (Fsp3) is 0.333. The van der Waals surface area contributed by atoms with Gasteiger partial charge in [0.25, 0.3) is 0 Å². The highest BCUT2D eigenvalue weighted by Gasteiger charge is 2.13. The van der Waals surface area contributed by atoms with Crippen LogP contribution in [0.3, 0.4) is 0 Å². The average molecular weight is 323 g/mol. The summed E-state index contributed by atoms with van der Waals surface area (Å²) in [6.07, 6.45) is 3.58. The summed E-state index contributed by atoms with van der Waals surface area (Å²) in [7, 11) is 1.83. The zero-order valence-electron chi connectivity index (χ0n) is 12.8. The van der Waals surface area contributed by atoms with Crippen molar-refractivity contribution >= 4 is 23.3 Å². The maximum absolute atomic E-state index is 12.1. The molecule has 2 N–H and O–H groups in total. The van der Waals surface area contributed by atoms with E-state index in [-0.39, 0.29) is 12.1 Å². The molecule has 1 atom stereocenters. The smallest absolute Gasteiger partial charge is 0.319 e. The first-order valence-corrected chi connectivity index (χ1v) is 7.35. The number of halogens is 1. The molecule has 0 fully saturated rings. The Bertz CT molecular complexity index is 657. The highest BCUT2D eigenvalue weighted by molar-refractivity contribution is 6.30. The van der Waals surface area contributed by atoms with Crippen molar-refractivity contribution in [2.75, 3.05) is 11.9 Å². The standard InChI is InChI=1S/C15H19ClN4O2/c1-4-22-14-7-12(16)5-6-13(14)19-15(21)18-10(2)11-8-17-20(3)9-11/h5-10H,4H2,1-3H3,(H2,18,19,21)/t10-/m0/s1. The molecule has 6 nitrogen and oxygen atoms in total. The average Bonchev–Trinajstić information content (AvgIpc) is 2.89. The molecule has 1 heterocycles. The Morgan fingerprint density at radius 2 is 2.27 bits per heavy atom. The minimum Gasteiger partial charge on any atom is -0.492 e. The van der Waals surface area contributed by atoms with Crippen molar-refractivity contribution in [2.45, 2.75) is 19.9 Å². The zero-order valence-corrected chi connectivity index (χ0v) is 13.5. The number of hydrogen-bond acceptors (Lipinski definition) is 3. The summed E-state index contributed by atoms with van der Waals surface area (Å²) in [4.78, 5) is 12.1. The van der Waals surface area contributed by atoms with Gasteiger partial charge < -0.3 is 15.4 Å². The lowest BCUT2D eigenvalue weighted by molar-refractivity contribution is 0.249. The summed E-state index contributed by atoms with van der Waals surface area (Å²) in [5.74, 6) is 0.541. The lowest BCUT2D eigenvalue weighted by atomic mass is 10.2. The number of rotatable bonds is 5. The number of ether oxygens (including phenoxy) is 1. The molecule has 2 amide bonds. The summed E-state index contributed by atoms with van der Waals surface area (Å²) in [5.41, 5.74) is 1.50. The molecule has 0 aliphatic carbocycles. The van der Waals surface area contributed by atoms with Crippen LogP contribution in [0.2, 0.25) is 5.02 Å². The van der Waals surface area contributed by atoms with E-state index in [9.17, 15) is 4.79 Å². The number of nitrogens with one attached hydrogen (secondary N) is 2. The van der Waals surface area contributed by atoms with Crippen LogP contribution in [0, 0.1) is 0 Å². The first-order valence-electron chi connectivity index (χ1n) is 6.98. The van der Waals surface area contributed by atoms with Crippen LogP contribution in [0.15, 0.2) is 30.6 Å². The summed E-state index contributed by atoms with van der Waals surface area (Å²) >= 11 is 5.94. The molecule has 0 aliphatic heterocycles. The van der Waals surface area contributed by atoms with Crippen LogP contribution < -0.4 is 15.4 Å². The number of aryl methyl sites for hydroxylation is 1. The van der Waals surface area contributed by atoms with Crippen LogP contribution in [-0.4, -0.2) is 22.4 Å². The van der Waals surface area contributed by atoms with E-state index in [2.05, 4.69) is 15.7 Å². The number of hydrogen-bond donors (Lipinski definition) is 2. The topological polar surface area (TPSA) is 68.2 Å². The van der Waals surface area contributed by atoms with Gasteiger partial charge in [0.2, 0.25) is 0 Å². The molecule has 0 saturated carbocycles. The number of aromatic nitrogens is 2. The largest absolute Gasteiger partial charge is 0.492 e. The van der Waals surface area contributed by atoms with E-state index in [0.29, 0.717) is 23.1 Å². The van der Waals surface area contributed by atoms with Crippen LogP contribution in [0.5, 0.6) is 5.75 Å². The first-order chi connectivity index (χ1) is 10.5. The third-order valence-corrected chi connectivity index (χ3v) is 3.30. The highest BCUT2D eigenvalue weighted by Crippen LogP contribution is 2.28. The van der Waals surface area contributed by atoms with Gasteiger partial charge in [-0.1, -0.05) is 11.6 Å². The number of benzene rings is 1. The van der Waals surface area contributed by atoms with Gasteiger partial charge in [0, 0.05) is 29.9 Å². The van der Waals surface area contributed by atoms with Gasteiger partial charge in [-0.15, -0.1) is 0 Å². The van der Waals surface area contributed by atoms with Gasteiger partial charge in [0.15, 0.2) is 0 Å². The third-order valence-electron chi connectivity index (χ3n) is 3.06. The molecule has 0 radical (unpaired) electrons. The highest BCUT2D eigenvalue weighted by atomic mass is 35.5. The number of carbonyl (C=O) groups excluding carboxylic acids is 1. The number of amides is 2. The minimum atomic E-state index is -0.320. The molecule has 7 heteroatoms. The number of carbonyl (C=O) groups is 1. The molecular weight excluding hydrogens is 304 g/mol. The maximum atomic E-state index is 12.1. The second-order valence-corrected chi connectivity index (χ2v) is 5.28. The summed E-state index contributed by atoms with van der Waals surface area (Å²) in [6, 6.07) is 4.60. The third kappa shape index (κ3) is 4.14. The molecule has 118 valence electrons. The van der Waals surface area contributed by atoms with Gasteiger partial charge in [-0.3, -0.25) is 4.68 Å². The predicted molar refractivity (Wildman–Crippen MR) is 86.4 cm³/mol. The van der Waals surface area contributed by atoms with Crippen molar-refractivity contribution < 1.29 is 9.53 Å². The van der Waals surface area contributed by atoms with Crippen LogP contribution >= 0.6 is 11.6 Å². The van der Waals surface area contributed by atoms with E-state index in [1.54, 1.807) is 29.1 Å². The van der Waals surface area contributed by atoms with E-state index in [1.165, 1.54) is 0 Å². The zero-order chi connectivity index (χ0) is 16.1. The lowest BCUT2D eigenvalue weighted by Crippen LogP contribution is -2.31. The summed E-state index contributed by atoms with van der Waals surface area (Å²) < 4.78 is 7.16. The fourth-order valence-electron chi connectivity index (χ4n) is 1.98. The van der Waals surface area contributed by atoms with Gasteiger partial charge >= 0.3 is 6.03 Å². The molecule has 0 spiro atoms. The summed E-state index contributed by atoms with van der Waals surface area (Å²) in [5, 5.41) is 10.3. The summed E-state index contributed by atoms with van der Waals surface area (Å²) in [6.45, 7) is 4.25. The predicted octanol–water partition coefficient (Wildman–Crippen LogP) is 3.35. The Balaban J connectivity index is 2.02. The monoisotopic (exact) mass is 322 g/mol. The van der Waals surface area contributed by atoms with Gasteiger partial charge in [-0.25, -0.2) is 4.79 Å². The Morgan fingerprint density at radius 1 is 1.50 bits per heavy atom. The Morgan fingerprint density at radius 3 is 2.91 bits per heavy atom. The van der Waals surface area contributed by atoms with Crippen molar-refractivity contribution in [1.29, 1.82) is 0 Å². The van der Waals surface area contributed by atoms with E-state index in [4.69, 9.17) is 16.3 Å². The van der Waals surface area contributed by atoms with Crippen molar-refractivity contribution in [2.24, 2.45) is 7.05 Å². The number of nitrogens with zero attached hydrogens (tertiary/aromatic N) is 2. The van der Waals surface area contributed by atoms with E-state index in [1.807, 2.05) is 27.1 Å². The molecule has 1 aromatic heterocycles.